The topological polar surface area (TPSA) is 20.3 Å². The van der Waals surface area contributed by atoms with Crippen molar-refractivity contribution in [3.63, 3.8) is 0 Å². The molecule has 0 saturated carbocycles. The van der Waals surface area contributed by atoms with Crippen molar-refractivity contribution in [2.45, 2.75) is 45.4 Å². The Kier molecular flexibility index (Phi) is 5.34. The van der Waals surface area contributed by atoms with E-state index in [0.29, 0.717) is 6.42 Å². The van der Waals surface area contributed by atoms with E-state index in [1.54, 1.807) is 0 Å². The van der Waals surface area contributed by atoms with Crippen LogP contribution in [0, 0.1) is 5.92 Å². The van der Waals surface area contributed by atoms with Gasteiger partial charge in [0.15, 0.2) is 0 Å². The SMILES string of the molecule is C[C@@H](CC(=O)N(C)c1ccc2c(c1)CCCC2)C1=CC=CC=CC1. The molecule has 0 N–H and O–H groups in total. The summed E-state index contributed by atoms with van der Waals surface area (Å²) >= 11 is 0. The number of carbonyl (C=O) groups excluding carboxylic acids is 1. The molecular weight excluding hydrogens is 294 g/mol. The Labute approximate surface area is 145 Å². The van der Waals surface area contributed by atoms with E-state index >= 15 is 0 Å². The van der Waals surface area contributed by atoms with Gasteiger partial charge in [0, 0.05) is 19.2 Å². The normalized spacial score (nSPS) is 17.7. The van der Waals surface area contributed by atoms with Crippen molar-refractivity contribution < 1.29 is 4.79 Å². The number of amides is 1. The van der Waals surface area contributed by atoms with Crippen LogP contribution in [0.2, 0.25) is 0 Å². The van der Waals surface area contributed by atoms with Gasteiger partial charge in [-0.1, -0.05) is 48.9 Å². The van der Waals surface area contributed by atoms with Crippen LogP contribution >= 0.6 is 0 Å². The second kappa shape index (κ2) is 7.65. The average Bonchev–Trinajstić information content (AvgIpc) is 2.90. The summed E-state index contributed by atoms with van der Waals surface area (Å²) in [4.78, 5) is 14.5. The fourth-order valence-corrected chi connectivity index (χ4v) is 3.56. The summed E-state index contributed by atoms with van der Waals surface area (Å²) in [7, 11) is 1.90. The zero-order valence-corrected chi connectivity index (χ0v) is 14.8. The summed E-state index contributed by atoms with van der Waals surface area (Å²) in [5, 5.41) is 0. The number of hydrogen-bond donors (Lipinski definition) is 0. The Balaban J connectivity index is 1.67. The first-order chi connectivity index (χ1) is 11.6. The van der Waals surface area contributed by atoms with Crippen LogP contribution in [0.1, 0.15) is 43.7 Å². The van der Waals surface area contributed by atoms with Crippen LogP contribution in [0.25, 0.3) is 0 Å². The second-order valence-electron chi connectivity index (χ2n) is 6.98. The first-order valence-electron chi connectivity index (χ1n) is 9.06. The quantitative estimate of drug-likeness (QED) is 0.764. The highest BCUT2D eigenvalue weighted by Gasteiger charge is 2.18. The van der Waals surface area contributed by atoms with Crippen molar-refractivity contribution in [1.29, 1.82) is 0 Å². The maximum Gasteiger partial charge on any atom is 0.227 e. The van der Waals surface area contributed by atoms with E-state index in [1.807, 2.05) is 18.0 Å². The van der Waals surface area contributed by atoms with Crippen LogP contribution in [-0.2, 0) is 17.6 Å². The zero-order chi connectivity index (χ0) is 16.9. The summed E-state index contributed by atoms with van der Waals surface area (Å²) in [6, 6.07) is 6.52. The number of nitrogens with zero attached hydrogens (tertiary/aromatic N) is 1. The molecule has 2 nitrogen and oxygen atoms in total. The Morgan fingerprint density at radius 1 is 1.12 bits per heavy atom. The predicted molar refractivity (Wildman–Crippen MR) is 101 cm³/mol. The van der Waals surface area contributed by atoms with Crippen LogP contribution in [0.4, 0.5) is 5.69 Å². The maximum absolute atomic E-state index is 12.7. The van der Waals surface area contributed by atoms with E-state index in [9.17, 15) is 4.79 Å². The van der Waals surface area contributed by atoms with Gasteiger partial charge in [-0.3, -0.25) is 4.79 Å². The largest absolute Gasteiger partial charge is 0.315 e. The number of hydrogen-bond acceptors (Lipinski definition) is 1. The molecule has 24 heavy (non-hydrogen) atoms. The molecule has 0 aromatic heterocycles. The molecule has 1 atom stereocenters. The van der Waals surface area contributed by atoms with E-state index in [1.165, 1.54) is 36.0 Å². The highest BCUT2D eigenvalue weighted by Crippen LogP contribution is 2.27. The molecule has 0 saturated heterocycles. The van der Waals surface area contributed by atoms with E-state index < -0.39 is 0 Å². The van der Waals surface area contributed by atoms with Gasteiger partial charge in [0.2, 0.25) is 5.91 Å². The Hall–Kier alpha value is -2.09. The standard InChI is InChI=1S/C22H27NO/c1-17(18-9-5-3-4-6-10-18)15-22(24)23(2)21-14-13-19-11-7-8-12-20(19)16-21/h3-6,9,13-14,16-17H,7-8,10-12,15H2,1-2H3/t17-/m0/s1. The Bertz CT molecular complexity index is 696. The van der Waals surface area contributed by atoms with Crippen LogP contribution < -0.4 is 4.90 Å². The highest BCUT2D eigenvalue weighted by atomic mass is 16.2. The van der Waals surface area contributed by atoms with Gasteiger partial charge in [0.05, 0.1) is 0 Å². The zero-order valence-electron chi connectivity index (χ0n) is 14.8. The Morgan fingerprint density at radius 2 is 1.92 bits per heavy atom. The third kappa shape index (κ3) is 3.87. The maximum atomic E-state index is 12.7. The minimum atomic E-state index is 0.191. The molecule has 2 aliphatic rings. The number of rotatable bonds is 4. The number of carbonyl (C=O) groups is 1. The lowest BCUT2D eigenvalue weighted by Crippen LogP contribution is -2.28. The highest BCUT2D eigenvalue weighted by molar-refractivity contribution is 5.93. The summed E-state index contributed by atoms with van der Waals surface area (Å²) in [5.74, 6) is 0.460. The van der Waals surface area contributed by atoms with E-state index in [0.717, 1.165) is 18.5 Å². The molecule has 1 amide bonds. The van der Waals surface area contributed by atoms with Crippen molar-refractivity contribution in [2.75, 3.05) is 11.9 Å². The third-order valence-electron chi connectivity index (χ3n) is 5.23. The number of anilines is 1. The lowest BCUT2D eigenvalue weighted by Gasteiger charge is -2.23. The Morgan fingerprint density at radius 3 is 2.75 bits per heavy atom. The molecule has 3 rings (SSSR count). The van der Waals surface area contributed by atoms with Gasteiger partial charge in [0.25, 0.3) is 0 Å². The van der Waals surface area contributed by atoms with Gasteiger partial charge in [-0.2, -0.15) is 0 Å². The molecule has 126 valence electrons. The van der Waals surface area contributed by atoms with Crippen LogP contribution in [0.5, 0.6) is 0 Å². The number of allylic oxidation sites excluding steroid dienone is 6. The van der Waals surface area contributed by atoms with Crippen molar-refractivity contribution in [3.05, 3.63) is 65.3 Å². The molecule has 2 aliphatic carbocycles. The first-order valence-corrected chi connectivity index (χ1v) is 9.06. The van der Waals surface area contributed by atoms with Gasteiger partial charge in [-0.25, -0.2) is 0 Å². The second-order valence-corrected chi connectivity index (χ2v) is 6.98. The van der Waals surface area contributed by atoms with Crippen LogP contribution in [0.3, 0.4) is 0 Å². The monoisotopic (exact) mass is 321 g/mol. The van der Waals surface area contributed by atoms with E-state index in [2.05, 4.69) is 49.4 Å². The lowest BCUT2D eigenvalue weighted by atomic mass is 9.91. The van der Waals surface area contributed by atoms with Crippen LogP contribution in [0.15, 0.2) is 54.2 Å². The number of benzene rings is 1. The minimum absolute atomic E-state index is 0.191. The van der Waals surface area contributed by atoms with Crippen molar-refractivity contribution in [1.82, 2.24) is 0 Å². The first kappa shape index (κ1) is 16.8. The molecular formula is C22H27NO. The van der Waals surface area contributed by atoms with Crippen molar-refractivity contribution in [2.24, 2.45) is 5.92 Å². The van der Waals surface area contributed by atoms with Crippen LogP contribution in [-0.4, -0.2) is 13.0 Å². The molecule has 1 aromatic carbocycles. The molecule has 0 radical (unpaired) electrons. The molecule has 0 heterocycles. The van der Waals surface area contributed by atoms with Gasteiger partial charge >= 0.3 is 0 Å². The van der Waals surface area contributed by atoms with Gasteiger partial charge < -0.3 is 4.90 Å². The van der Waals surface area contributed by atoms with E-state index in [-0.39, 0.29) is 11.8 Å². The fraction of sp³-hybridized carbons (Fsp3) is 0.409. The lowest BCUT2D eigenvalue weighted by molar-refractivity contribution is -0.118. The number of aryl methyl sites for hydroxylation is 2. The average molecular weight is 321 g/mol. The summed E-state index contributed by atoms with van der Waals surface area (Å²) in [6.45, 7) is 2.15. The predicted octanol–water partition coefficient (Wildman–Crippen LogP) is 5.00. The summed E-state index contributed by atoms with van der Waals surface area (Å²) in [6.07, 6.45) is 16.8. The van der Waals surface area contributed by atoms with Gasteiger partial charge in [0.1, 0.15) is 0 Å². The van der Waals surface area contributed by atoms with Gasteiger partial charge in [-0.05, 0) is 61.3 Å². The third-order valence-corrected chi connectivity index (χ3v) is 5.23. The van der Waals surface area contributed by atoms with E-state index in [4.69, 9.17) is 0 Å². The molecule has 1 aromatic rings. The molecule has 2 heteroatoms. The molecule has 0 bridgehead atoms. The smallest absolute Gasteiger partial charge is 0.227 e. The number of fused-ring (bicyclic) bond motifs is 1. The van der Waals surface area contributed by atoms with Crippen molar-refractivity contribution in [3.8, 4) is 0 Å². The summed E-state index contributed by atoms with van der Waals surface area (Å²) < 4.78 is 0. The molecule has 0 unspecified atom stereocenters. The molecule has 0 fully saturated rings. The fourth-order valence-electron chi connectivity index (χ4n) is 3.56. The summed E-state index contributed by atoms with van der Waals surface area (Å²) in [5.41, 5.74) is 5.24. The molecule has 0 aliphatic heterocycles. The minimum Gasteiger partial charge on any atom is -0.315 e. The molecule has 0 spiro atoms. The van der Waals surface area contributed by atoms with Gasteiger partial charge in [-0.15, -0.1) is 0 Å². The van der Waals surface area contributed by atoms with Crippen molar-refractivity contribution >= 4 is 11.6 Å².